The second-order valence-electron chi connectivity index (χ2n) is 6.12. The lowest BCUT2D eigenvalue weighted by atomic mass is 10.2. The smallest absolute Gasteiger partial charge is 0.260 e. The summed E-state index contributed by atoms with van der Waals surface area (Å²) in [6.45, 7) is 6.77. The van der Waals surface area contributed by atoms with Gasteiger partial charge in [0.1, 0.15) is 12.3 Å². The van der Waals surface area contributed by atoms with E-state index in [2.05, 4.69) is 28.1 Å². The van der Waals surface area contributed by atoms with Gasteiger partial charge in [0.05, 0.1) is 34.8 Å². The molecule has 1 aliphatic rings. The van der Waals surface area contributed by atoms with Crippen LogP contribution in [-0.4, -0.2) is 43.6 Å². The van der Waals surface area contributed by atoms with Crippen LogP contribution in [0.25, 0.3) is 0 Å². The highest BCUT2D eigenvalue weighted by Crippen LogP contribution is 2.21. The Morgan fingerprint density at radius 3 is 2.75 bits per heavy atom. The van der Waals surface area contributed by atoms with Crippen molar-refractivity contribution in [3.05, 3.63) is 50.6 Å². The molecule has 2 aromatic rings. The predicted molar refractivity (Wildman–Crippen MR) is 99.7 cm³/mol. The molecular weight excluding hydrogens is 388 g/mol. The van der Waals surface area contributed by atoms with Gasteiger partial charge in [-0.15, -0.1) is 11.3 Å². The maximum Gasteiger partial charge on any atom is 0.260 e. The minimum Gasteiger partial charge on any atom is -0.484 e. The molecule has 24 heavy (non-hydrogen) atoms. The molecule has 1 aromatic carbocycles. The number of amides is 1. The molecule has 1 aliphatic heterocycles. The van der Waals surface area contributed by atoms with E-state index in [0.717, 1.165) is 44.0 Å². The number of piperazine rings is 1. The molecule has 128 valence electrons. The molecule has 0 spiro atoms. The zero-order valence-corrected chi connectivity index (χ0v) is 16.2. The molecule has 6 heteroatoms. The Kier molecular flexibility index (Phi) is 5.92. The first kappa shape index (κ1) is 17.5. The standard InChI is InChI=1S/C18H21BrN2O2S/c1-14-3-2-4-15(11-14)23-13-18(22)21-9-7-20(8-10-21)12-16-5-6-17(19)24-16/h2-6,11H,7-10,12-13H2,1H3/p+1. The Bertz CT molecular complexity index is 696. The predicted octanol–water partition coefficient (Wildman–Crippen LogP) is 2.13. The van der Waals surface area contributed by atoms with Gasteiger partial charge in [0, 0.05) is 0 Å². The van der Waals surface area contributed by atoms with E-state index in [4.69, 9.17) is 4.74 Å². The van der Waals surface area contributed by atoms with Gasteiger partial charge in [-0.05, 0) is 52.7 Å². The summed E-state index contributed by atoms with van der Waals surface area (Å²) in [6, 6.07) is 12.1. The minimum atomic E-state index is 0.0782. The maximum atomic E-state index is 12.3. The van der Waals surface area contributed by atoms with Crippen LogP contribution in [0, 0.1) is 6.92 Å². The Morgan fingerprint density at radius 2 is 2.08 bits per heavy atom. The average Bonchev–Trinajstić information content (AvgIpc) is 2.98. The van der Waals surface area contributed by atoms with E-state index in [1.54, 1.807) is 11.3 Å². The van der Waals surface area contributed by atoms with Crippen molar-refractivity contribution in [1.82, 2.24) is 4.90 Å². The summed E-state index contributed by atoms with van der Waals surface area (Å²) in [5.74, 6) is 0.838. The van der Waals surface area contributed by atoms with Gasteiger partial charge in [-0.2, -0.15) is 0 Å². The minimum absolute atomic E-state index is 0.0782. The first-order valence-corrected chi connectivity index (χ1v) is 9.76. The first-order chi connectivity index (χ1) is 11.6. The summed E-state index contributed by atoms with van der Waals surface area (Å²) in [7, 11) is 0. The molecule has 0 aliphatic carbocycles. The van der Waals surface area contributed by atoms with Gasteiger partial charge in [-0.1, -0.05) is 12.1 Å². The highest BCUT2D eigenvalue weighted by atomic mass is 79.9. The Hall–Kier alpha value is -1.37. The van der Waals surface area contributed by atoms with Crippen molar-refractivity contribution >= 4 is 33.2 Å². The molecule has 1 N–H and O–H groups in total. The number of nitrogens with zero attached hydrogens (tertiary/aromatic N) is 1. The highest BCUT2D eigenvalue weighted by molar-refractivity contribution is 9.11. The number of ether oxygens (including phenoxy) is 1. The van der Waals surface area contributed by atoms with Gasteiger partial charge in [0.15, 0.2) is 6.61 Å². The lowest BCUT2D eigenvalue weighted by Gasteiger charge is -2.32. The van der Waals surface area contributed by atoms with Crippen LogP contribution in [0.4, 0.5) is 0 Å². The number of thiophene rings is 1. The first-order valence-electron chi connectivity index (χ1n) is 8.15. The summed E-state index contributed by atoms with van der Waals surface area (Å²) in [5.41, 5.74) is 1.14. The summed E-state index contributed by atoms with van der Waals surface area (Å²) in [4.78, 5) is 17.2. The average molecular weight is 410 g/mol. The number of carbonyl (C=O) groups excluding carboxylic acids is 1. The summed E-state index contributed by atoms with van der Waals surface area (Å²) in [6.07, 6.45) is 0. The molecule has 4 nitrogen and oxygen atoms in total. The number of benzene rings is 1. The van der Waals surface area contributed by atoms with Crippen molar-refractivity contribution in [3.8, 4) is 5.75 Å². The fraction of sp³-hybridized carbons (Fsp3) is 0.389. The Morgan fingerprint density at radius 1 is 1.29 bits per heavy atom. The highest BCUT2D eigenvalue weighted by Gasteiger charge is 2.24. The third-order valence-electron chi connectivity index (χ3n) is 4.23. The van der Waals surface area contributed by atoms with E-state index in [-0.39, 0.29) is 12.5 Å². The summed E-state index contributed by atoms with van der Waals surface area (Å²) in [5, 5.41) is 0. The van der Waals surface area contributed by atoms with Gasteiger partial charge in [-0.3, -0.25) is 4.79 Å². The van der Waals surface area contributed by atoms with E-state index in [9.17, 15) is 4.79 Å². The fourth-order valence-electron chi connectivity index (χ4n) is 2.88. The number of quaternary nitrogens is 1. The van der Waals surface area contributed by atoms with Gasteiger partial charge in [0.25, 0.3) is 5.91 Å². The molecule has 1 fully saturated rings. The molecule has 0 bridgehead atoms. The maximum absolute atomic E-state index is 12.3. The van der Waals surface area contributed by atoms with Crippen molar-refractivity contribution in [2.24, 2.45) is 0 Å². The van der Waals surface area contributed by atoms with Crippen molar-refractivity contribution in [1.29, 1.82) is 0 Å². The van der Waals surface area contributed by atoms with Crippen molar-refractivity contribution in [3.63, 3.8) is 0 Å². The van der Waals surface area contributed by atoms with Crippen LogP contribution in [0.1, 0.15) is 10.4 Å². The molecule has 1 aromatic heterocycles. The number of hydrogen-bond donors (Lipinski definition) is 1. The van der Waals surface area contributed by atoms with Crippen molar-refractivity contribution in [2.75, 3.05) is 32.8 Å². The molecule has 3 rings (SSSR count). The van der Waals surface area contributed by atoms with E-state index < -0.39 is 0 Å². The zero-order valence-electron chi connectivity index (χ0n) is 13.8. The van der Waals surface area contributed by atoms with Crippen LogP contribution in [0.3, 0.4) is 0 Å². The number of carbonyl (C=O) groups is 1. The second kappa shape index (κ2) is 8.14. The molecular formula is C18H22BrN2O2S+. The molecule has 0 atom stereocenters. The van der Waals surface area contributed by atoms with Crippen LogP contribution in [0.2, 0.25) is 0 Å². The normalized spacial score (nSPS) is 15.5. The monoisotopic (exact) mass is 409 g/mol. The van der Waals surface area contributed by atoms with Crippen LogP contribution in [0.15, 0.2) is 40.2 Å². The zero-order chi connectivity index (χ0) is 16.9. The van der Waals surface area contributed by atoms with Crippen molar-refractivity contribution in [2.45, 2.75) is 13.5 Å². The van der Waals surface area contributed by atoms with E-state index in [1.165, 1.54) is 13.6 Å². The second-order valence-corrected chi connectivity index (χ2v) is 8.67. The lowest BCUT2D eigenvalue weighted by molar-refractivity contribution is -0.917. The Balaban J connectivity index is 1.43. The van der Waals surface area contributed by atoms with Gasteiger partial charge < -0.3 is 14.5 Å². The van der Waals surface area contributed by atoms with E-state index >= 15 is 0 Å². The summed E-state index contributed by atoms with van der Waals surface area (Å²) >= 11 is 5.30. The molecule has 2 heterocycles. The SMILES string of the molecule is Cc1cccc(OCC(=O)N2CC[NH+](Cc3ccc(Br)s3)CC2)c1. The quantitative estimate of drug-likeness (QED) is 0.820. The molecule has 1 amide bonds. The van der Waals surface area contributed by atoms with Gasteiger partial charge >= 0.3 is 0 Å². The number of hydrogen-bond acceptors (Lipinski definition) is 3. The van der Waals surface area contributed by atoms with Crippen LogP contribution in [-0.2, 0) is 11.3 Å². The van der Waals surface area contributed by atoms with Crippen LogP contribution >= 0.6 is 27.3 Å². The number of halogens is 1. The number of rotatable bonds is 5. The number of aryl methyl sites for hydroxylation is 1. The molecule has 1 saturated heterocycles. The molecule has 0 unspecified atom stereocenters. The largest absolute Gasteiger partial charge is 0.484 e. The van der Waals surface area contributed by atoms with E-state index in [1.807, 2.05) is 36.1 Å². The van der Waals surface area contributed by atoms with Crippen molar-refractivity contribution < 1.29 is 14.4 Å². The van der Waals surface area contributed by atoms with Crippen LogP contribution in [0.5, 0.6) is 5.75 Å². The van der Waals surface area contributed by atoms with Gasteiger partial charge in [-0.25, -0.2) is 0 Å². The van der Waals surface area contributed by atoms with Crippen LogP contribution < -0.4 is 9.64 Å². The Labute approximate surface area is 155 Å². The topological polar surface area (TPSA) is 34.0 Å². The van der Waals surface area contributed by atoms with Gasteiger partial charge in [0.2, 0.25) is 0 Å². The molecule has 0 saturated carbocycles. The third kappa shape index (κ3) is 4.82. The fourth-order valence-corrected chi connectivity index (χ4v) is 4.44. The van der Waals surface area contributed by atoms with E-state index in [0.29, 0.717) is 0 Å². The lowest BCUT2D eigenvalue weighted by Crippen LogP contribution is -3.13. The third-order valence-corrected chi connectivity index (χ3v) is 5.85. The summed E-state index contributed by atoms with van der Waals surface area (Å²) < 4.78 is 6.81. The number of nitrogens with one attached hydrogen (secondary N) is 1. The molecule has 0 radical (unpaired) electrons.